The quantitative estimate of drug-likeness (QED) is 0.335. The molecule has 0 aliphatic carbocycles. The van der Waals surface area contributed by atoms with Crippen LogP contribution in [0.2, 0.25) is 0 Å². The summed E-state index contributed by atoms with van der Waals surface area (Å²) in [5.74, 6) is 0.781. The van der Waals surface area contributed by atoms with E-state index >= 15 is 0 Å². The third-order valence-electron chi connectivity index (χ3n) is 3.93. The van der Waals surface area contributed by atoms with E-state index < -0.39 is 0 Å². The molecule has 3 rings (SSSR count). The van der Waals surface area contributed by atoms with Crippen molar-refractivity contribution in [2.24, 2.45) is 4.99 Å². The molecule has 0 aliphatic rings. The number of hydrogen-bond acceptors (Lipinski definition) is 3. The van der Waals surface area contributed by atoms with E-state index in [2.05, 4.69) is 76.9 Å². The normalized spacial score (nSPS) is 12.5. The lowest BCUT2D eigenvalue weighted by molar-refractivity contribution is 0.685. The topological polar surface area (TPSA) is 49.3 Å². The predicted molar refractivity (Wildman–Crippen MR) is 118 cm³/mol. The highest BCUT2D eigenvalue weighted by atomic mass is 127. The van der Waals surface area contributed by atoms with E-state index in [-0.39, 0.29) is 30.0 Å². The molecule has 1 unspecified atom stereocenters. The summed E-state index contributed by atoms with van der Waals surface area (Å²) in [4.78, 5) is 9.90. The molecule has 1 heterocycles. The second kappa shape index (κ2) is 9.15. The zero-order chi connectivity index (χ0) is 16.9. The van der Waals surface area contributed by atoms with Gasteiger partial charge in [0, 0.05) is 18.1 Å². The summed E-state index contributed by atoms with van der Waals surface area (Å²) in [5.41, 5.74) is 1.24. The maximum atomic E-state index is 4.37. The molecule has 0 aliphatic heterocycles. The molecular weight excluding hydrogens is 443 g/mol. The molecule has 0 spiro atoms. The largest absolute Gasteiger partial charge is 0.350 e. The Kier molecular flexibility index (Phi) is 7.19. The Morgan fingerprint density at radius 2 is 1.96 bits per heavy atom. The van der Waals surface area contributed by atoms with E-state index in [1.54, 1.807) is 18.4 Å². The van der Waals surface area contributed by atoms with Crippen LogP contribution in [0.15, 0.2) is 53.7 Å². The highest BCUT2D eigenvalue weighted by Crippen LogP contribution is 2.20. The minimum absolute atomic E-state index is 0. The highest BCUT2D eigenvalue weighted by Gasteiger charge is 2.09. The third-order valence-corrected chi connectivity index (χ3v) is 4.84. The summed E-state index contributed by atoms with van der Waals surface area (Å²) in [7, 11) is 1.79. The summed E-state index contributed by atoms with van der Waals surface area (Å²) < 4.78 is 0. The van der Waals surface area contributed by atoms with Gasteiger partial charge in [-0.2, -0.15) is 0 Å². The van der Waals surface area contributed by atoms with Crippen LogP contribution in [0.5, 0.6) is 0 Å². The summed E-state index contributed by atoms with van der Waals surface area (Å²) in [6, 6.07) is 15.1. The molecule has 132 valence electrons. The number of thiazole rings is 1. The number of aryl methyl sites for hydroxylation is 1. The number of benzene rings is 2. The molecule has 1 aromatic heterocycles. The molecule has 0 saturated heterocycles. The third kappa shape index (κ3) is 5.15. The van der Waals surface area contributed by atoms with Crippen LogP contribution in [0.1, 0.15) is 28.4 Å². The van der Waals surface area contributed by atoms with Crippen molar-refractivity contribution in [3.63, 3.8) is 0 Å². The van der Waals surface area contributed by atoms with E-state index in [1.165, 1.54) is 21.2 Å². The lowest BCUT2D eigenvalue weighted by Gasteiger charge is -2.18. The van der Waals surface area contributed by atoms with Gasteiger partial charge >= 0.3 is 0 Å². The number of aromatic nitrogens is 1. The van der Waals surface area contributed by atoms with Crippen LogP contribution < -0.4 is 10.6 Å². The summed E-state index contributed by atoms with van der Waals surface area (Å²) in [6.07, 6.45) is 1.90. The van der Waals surface area contributed by atoms with Gasteiger partial charge < -0.3 is 10.6 Å². The molecule has 2 N–H and O–H groups in total. The predicted octanol–water partition coefficient (Wildman–Crippen LogP) is 4.65. The van der Waals surface area contributed by atoms with Crippen LogP contribution in [-0.2, 0) is 6.54 Å². The second-order valence-electron chi connectivity index (χ2n) is 5.76. The van der Waals surface area contributed by atoms with E-state index in [0.717, 1.165) is 11.0 Å². The summed E-state index contributed by atoms with van der Waals surface area (Å²) >= 11 is 1.70. The Morgan fingerprint density at radius 3 is 2.64 bits per heavy atom. The fourth-order valence-corrected chi connectivity index (χ4v) is 3.33. The van der Waals surface area contributed by atoms with Gasteiger partial charge in [-0.05, 0) is 36.2 Å². The maximum absolute atomic E-state index is 4.37. The fourth-order valence-electron chi connectivity index (χ4n) is 2.60. The Hall–Kier alpha value is -1.67. The summed E-state index contributed by atoms with van der Waals surface area (Å²) in [6.45, 7) is 4.89. The molecule has 0 amide bonds. The van der Waals surface area contributed by atoms with Crippen LogP contribution in [0.25, 0.3) is 10.8 Å². The first-order chi connectivity index (χ1) is 11.7. The number of nitrogens with one attached hydrogen (secondary N) is 2. The van der Waals surface area contributed by atoms with Gasteiger partial charge in [0.1, 0.15) is 5.01 Å². The zero-order valence-corrected chi connectivity index (χ0v) is 17.8. The SMILES string of the molecule is CN=C(NCc1ncc(C)s1)NC(C)c1ccc2ccccc2c1.I. The fraction of sp³-hybridized carbons (Fsp3) is 0.263. The molecule has 0 fully saturated rings. The Labute approximate surface area is 169 Å². The van der Waals surface area contributed by atoms with Gasteiger partial charge in [0.05, 0.1) is 12.6 Å². The van der Waals surface area contributed by atoms with Gasteiger partial charge in [-0.1, -0.05) is 36.4 Å². The second-order valence-corrected chi connectivity index (χ2v) is 7.08. The Balaban J connectivity index is 0.00000225. The first-order valence-electron chi connectivity index (χ1n) is 8.03. The average Bonchev–Trinajstić information content (AvgIpc) is 3.03. The number of fused-ring (bicyclic) bond motifs is 1. The number of guanidine groups is 1. The highest BCUT2D eigenvalue weighted by molar-refractivity contribution is 14.0. The van der Waals surface area contributed by atoms with Crippen molar-refractivity contribution in [3.05, 3.63) is 64.1 Å². The van der Waals surface area contributed by atoms with Gasteiger partial charge in [-0.15, -0.1) is 35.3 Å². The van der Waals surface area contributed by atoms with Crippen molar-refractivity contribution >= 4 is 52.0 Å². The van der Waals surface area contributed by atoms with E-state index in [4.69, 9.17) is 0 Å². The summed E-state index contributed by atoms with van der Waals surface area (Å²) in [5, 5.41) is 10.3. The molecule has 25 heavy (non-hydrogen) atoms. The first kappa shape index (κ1) is 19.7. The van der Waals surface area contributed by atoms with Gasteiger partial charge in [0.2, 0.25) is 0 Å². The number of aliphatic imine (C=N–C) groups is 1. The zero-order valence-electron chi connectivity index (χ0n) is 14.6. The Bertz CT molecular complexity index is 859. The van der Waals surface area contributed by atoms with E-state index in [1.807, 2.05) is 6.20 Å². The van der Waals surface area contributed by atoms with Gasteiger partial charge in [-0.3, -0.25) is 4.99 Å². The standard InChI is InChI=1S/C19H22N4S.HI/c1-13-11-21-18(24-13)12-22-19(20-3)23-14(2)16-9-8-15-6-4-5-7-17(15)10-16;/h4-11,14H,12H2,1-3H3,(H2,20,22,23);1H. The van der Waals surface area contributed by atoms with Crippen molar-refractivity contribution < 1.29 is 0 Å². The van der Waals surface area contributed by atoms with Crippen LogP contribution in [0.3, 0.4) is 0 Å². The van der Waals surface area contributed by atoms with E-state index in [9.17, 15) is 0 Å². The Morgan fingerprint density at radius 1 is 1.20 bits per heavy atom. The molecule has 0 radical (unpaired) electrons. The molecule has 1 atom stereocenters. The molecular formula is C19H23IN4S. The van der Waals surface area contributed by atoms with Crippen molar-refractivity contribution in [2.45, 2.75) is 26.4 Å². The van der Waals surface area contributed by atoms with Crippen molar-refractivity contribution in [2.75, 3.05) is 7.05 Å². The minimum atomic E-state index is 0. The molecule has 0 bridgehead atoms. The maximum Gasteiger partial charge on any atom is 0.191 e. The number of nitrogens with zero attached hydrogens (tertiary/aromatic N) is 2. The van der Waals surface area contributed by atoms with Crippen LogP contribution >= 0.6 is 35.3 Å². The molecule has 3 aromatic rings. The average molecular weight is 466 g/mol. The van der Waals surface area contributed by atoms with Crippen molar-refractivity contribution in [1.82, 2.24) is 15.6 Å². The molecule has 4 nitrogen and oxygen atoms in total. The number of rotatable bonds is 4. The molecule has 6 heteroatoms. The lowest BCUT2D eigenvalue weighted by Crippen LogP contribution is -2.38. The lowest BCUT2D eigenvalue weighted by atomic mass is 10.0. The van der Waals surface area contributed by atoms with Gasteiger partial charge in [-0.25, -0.2) is 4.98 Å². The van der Waals surface area contributed by atoms with E-state index in [0.29, 0.717) is 6.54 Å². The van der Waals surface area contributed by atoms with Crippen LogP contribution in [0, 0.1) is 6.92 Å². The minimum Gasteiger partial charge on any atom is -0.350 e. The van der Waals surface area contributed by atoms with Gasteiger partial charge in [0.15, 0.2) is 5.96 Å². The van der Waals surface area contributed by atoms with Crippen molar-refractivity contribution in [1.29, 1.82) is 0 Å². The first-order valence-corrected chi connectivity index (χ1v) is 8.84. The smallest absolute Gasteiger partial charge is 0.191 e. The molecule has 2 aromatic carbocycles. The molecule has 0 saturated carbocycles. The number of hydrogen-bond donors (Lipinski definition) is 2. The monoisotopic (exact) mass is 466 g/mol. The van der Waals surface area contributed by atoms with Crippen LogP contribution in [0.4, 0.5) is 0 Å². The van der Waals surface area contributed by atoms with Gasteiger partial charge in [0.25, 0.3) is 0 Å². The number of halogens is 1. The van der Waals surface area contributed by atoms with Crippen LogP contribution in [-0.4, -0.2) is 18.0 Å². The van der Waals surface area contributed by atoms with Crippen molar-refractivity contribution in [3.8, 4) is 0 Å².